The molecule has 0 fully saturated rings. The maximum Gasteiger partial charge on any atom is 0.356 e. The van der Waals surface area contributed by atoms with E-state index in [0.29, 0.717) is 6.54 Å². The quantitative estimate of drug-likeness (QED) is 0.706. The van der Waals surface area contributed by atoms with E-state index in [9.17, 15) is 9.59 Å². The maximum absolute atomic E-state index is 11.3. The summed E-state index contributed by atoms with van der Waals surface area (Å²) in [7, 11) is 1.52. The third kappa shape index (κ3) is 1.90. The van der Waals surface area contributed by atoms with Gasteiger partial charge in [0, 0.05) is 19.7 Å². The Labute approximate surface area is 80.5 Å². The summed E-state index contributed by atoms with van der Waals surface area (Å²) >= 11 is 0. The van der Waals surface area contributed by atoms with Gasteiger partial charge in [-0.15, -0.1) is 0 Å². The van der Waals surface area contributed by atoms with Gasteiger partial charge in [0.1, 0.15) is 5.69 Å². The van der Waals surface area contributed by atoms with Crippen LogP contribution in [0.2, 0.25) is 0 Å². The van der Waals surface area contributed by atoms with Crippen LogP contribution in [0, 0.1) is 0 Å². The van der Waals surface area contributed by atoms with Gasteiger partial charge in [0.25, 0.3) is 5.91 Å². The first kappa shape index (κ1) is 10.2. The summed E-state index contributed by atoms with van der Waals surface area (Å²) in [6.45, 7) is 2.28. The highest BCUT2D eigenvalue weighted by atomic mass is 16.4. The fraction of sp³-hybridized carbons (Fsp3) is 0.375. The minimum Gasteiger partial charge on any atom is -0.476 e. The zero-order valence-corrected chi connectivity index (χ0v) is 7.94. The summed E-state index contributed by atoms with van der Waals surface area (Å²) in [6, 6.07) is 1.24. The van der Waals surface area contributed by atoms with E-state index in [4.69, 9.17) is 5.11 Å². The van der Waals surface area contributed by atoms with Crippen molar-refractivity contribution < 1.29 is 14.7 Å². The van der Waals surface area contributed by atoms with E-state index in [2.05, 4.69) is 10.4 Å². The van der Waals surface area contributed by atoms with Gasteiger partial charge in [0.2, 0.25) is 0 Å². The van der Waals surface area contributed by atoms with E-state index in [-0.39, 0.29) is 17.3 Å². The zero-order chi connectivity index (χ0) is 10.7. The van der Waals surface area contributed by atoms with Crippen LogP contribution in [0.15, 0.2) is 6.07 Å². The lowest BCUT2D eigenvalue weighted by molar-refractivity contribution is 0.0689. The second kappa shape index (κ2) is 3.91. The second-order valence-corrected chi connectivity index (χ2v) is 2.70. The van der Waals surface area contributed by atoms with Crippen LogP contribution >= 0.6 is 0 Å². The predicted octanol–water partition coefficient (Wildman–Crippen LogP) is -0.132. The van der Waals surface area contributed by atoms with Gasteiger partial charge in [0.05, 0.1) is 0 Å². The molecule has 6 nitrogen and oxygen atoms in total. The lowest BCUT2D eigenvalue weighted by Crippen LogP contribution is -2.24. The Kier molecular flexibility index (Phi) is 2.85. The van der Waals surface area contributed by atoms with Crippen molar-refractivity contribution >= 4 is 11.9 Å². The van der Waals surface area contributed by atoms with Crippen LogP contribution in [0.1, 0.15) is 27.9 Å². The van der Waals surface area contributed by atoms with Gasteiger partial charge < -0.3 is 10.4 Å². The van der Waals surface area contributed by atoms with Crippen molar-refractivity contribution in [2.24, 2.45) is 7.05 Å². The second-order valence-electron chi connectivity index (χ2n) is 2.70. The number of carboxylic acids is 1. The molecule has 0 aliphatic carbocycles. The van der Waals surface area contributed by atoms with Gasteiger partial charge >= 0.3 is 5.97 Å². The van der Waals surface area contributed by atoms with Crippen LogP contribution in [0.25, 0.3) is 0 Å². The minimum atomic E-state index is -1.14. The highest BCUT2D eigenvalue weighted by Crippen LogP contribution is 2.02. The molecule has 0 unspecified atom stereocenters. The van der Waals surface area contributed by atoms with E-state index < -0.39 is 5.97 Å². The summed E-state index contributed by atoms with van der Waals surface area (Å²) in [6.07, 6.45) is 0. The zero-order valence-electron chi connectivity index (χ0n) is 7.94. The molecule has 1 amide bonds. The average Bonchev–Trinajstić information content (AvgIpc) is 2.48. The van der Waals surface area contributed by atoms with E-state index >= 15 is 0 Å². The molecule has 1 rings (SSSR count). The Bertz CT molecular complexity index is 370. The number of hydrogen-bond donors (Lipinski definition) is 2. The smallest absolute Gasteiger partial charge is 0.356 e. The van der Waals surface area contributed by atoms with Crippen LogP contribution in [0.3, 0.4) is 0 Å². The molecule has 0 saturated carbocycles. The minimum absolute atomic E-state index is 0.131. The Morgan fingerprint density at radius 2 is 2.29 bits per heavy atom. The van der Waals surface area contributed by atoms with Gasteiger partial charge in [-0.1, -0.05) is 0 Å². The molecule has 0 aliphatic rings. The highest BCUT2D eigenvalue weighted by Gasteiger charge is 2.15. The molecule has 0 saturated heterocycles. The number of aryl methyl sites for hydroxylation is 1. The van der Waals surface area contributed by atoms with Crippen LogP contribution < -0.4 is 5.32 Å². The summed E-state index contributed by atoms with van der Waals surface area (Å²) in [5.74, 6) is -1.47. The van der Waals surface area contributed by atoms with Crippen molar-refractivity contribution in [2.75, 3.05) is 6.54 Å². The number of amides is 1. The Balaban J connectivity index is 2.98. The van der Waals surface area contributed by atoms with Gasteiger partial charge in [-0.05, 0) is 6.92 Å². The van der Waals surface area contributed by atoms with Gasteiger partial charge in [-0.3, -0.25) is 9.48 Å². The molecule has 0 spiro atoms. The van der Waals surface area contributed by atoms with Crippen LogP contribution in [0.5, 0.6) is 0 Å². The predicted molar refractivity (Wildman–Crippen MR) is 48.2 cm³/mol. The number of carbonyl (C=O) groups is 2. The van der Waals surface area contributed by atoms with E-state index in [1.807, 2.05) is 0 Å². The number of rotatable bonds is 3. The van der Waals surface area contributed by atoms with E-state index in [1.165, 1.54) is 17.8 Å². The third-order valence-electron chi connectivity index (χ3n) is 1.67. The largest absolute Gasteiger partial charge is 0.476 e. The monoisotopic (exact) mass is 197 g/mol. The van der Waals surface area contributed by atoms with Crippen molar-refractivity contribution in [1.29, 1.82) is 0 Å². The number of nitrogens with one attached hydrogen (secondary N) is 1. The fourth-order valence-corrected chi connectivity index (χ4v) is 1.04. The number of aromatic carboxylic acids is 1. The number of carbonyl (C=O) groups excluding carboxylic acids is 1. The molecular weight excluding hydrogens is 186 g/mol. The summed E-state index contributed by atoms with van der Waals surface area (Å²) in [5, 5.41) is 14.9. The highest BCUT2D eigenvalue weighted by molar-refractivity contribution is 5.95. The first-order valence-corrected chi connectivity index (χ1v) is 4.11. The molecule has 6 heteroatoms. The molecule has 1 heterocycles. The lowest BCUT2D eigenvalue weighted by Gasteiger charge is -2.00. The molecule has 0 aliphatic heterocycles. The molecule has 14 heavy (non-hydrogen) atoms. The van der Waals surface area contributed by atoms with E-state index in [1.54, 1.807) is 6.92 Å². The Morgan fingerprint density at radius 3 is 2.71 bits per heavy atom. The first-order valence-electron chi connectivity index (χ1n) is 4.11. The molecule has 0 aromatic carbocycles. The van der Waals surface area contributed by atoms with Crippen molar-refractivity contribution in [3.05, 3.63) is 17.5 Å². The molecule has 1 aromatic rings. The SMILES string of the molecule is CCNC(=O)c1cc(C(=O)O)nn1C. The molecule has 1 aromatic heterocycles. The van der Waals surface area contributed by atoms with Gasteiger partial charge in [-0.25, -0.2) is 4.79 Å². The Hall–Kier alpha value is -1.85. The van der Waals surface area contributed by atoms with Crippen LogP contribution in [-0.4, -0.2) is 33.3 Å². The summed E-state index contributed by atoms with van der Waals surface area (Å²) in [5.41, 5.74) is 0.109. The fourth-order valence-electron chi connectivity index (χ4n) is 1.04. The summed E-state index contributed by atoms with van der Waals surface area (Å²) in [4.78, 5) is 21.9. The Morgan fingerprint density at radius 1 is 1.64 bits per heavy atom. The number of aromatic nitrogens is 2. The van der Waals surface area contributed by atoms with Crippen LogP contribution in [0.4, 0.5) is 0 Å². The average molecular weight is 197 g/mol. The van der Waals surface area contributed by atoms with Crippen molar-refractivity contribution in [1.82, 2.24) is 15.1 Å². The number of hydrogen-bond acceptors (Lipinski definition) is 3. The molecule has 0 atom stereocenters. The lowest BCUT2D eigenvalue weighted by atomic mass is 10.3. The molecule has 76 valence electrons. The van der Waals surface area contributed by atoms with Crippen molar-refractivity contribution in [2.45, 2.75) is 6.92 Å². The number of carboxylic acid groups (broad SMARTS) is 1. The maximum atomic E-state index is 11.3. The van der Waals surface area contributed by atoms with Crippen LogP contribution in [-0.2, 0) is 7.05 Å². The van der Waals surface area contributed by atoms with Crippen molar-refractivity contribution in [3.8, 4) is 0 Å². The normalized spacial score (nSPS) is 9.86. The standard InChI is InChI=1S/C8H11N3O3/c1-3-9-7(12)6-4-5(8(13)14)10-11(6)2/h4H,3H2,1-2H3,(H,9,12)(H,13,14). The first-order chi connectivity index (χ1) is 6.56. The topological polar surface area (TPSA) is 84.2 Å². The molecular formula is C8H11N3O3. The molecule has 2 N–H and O–H groups in total. The summed E-state index contributed by atoms with van der Waals surface area (Å²) < 4.78 is 1.24. The molecule has 0 bridgehead atoms. The molecule has 0 radical (unpaired) electrons. The number of nitrogens with zero attached hydrogens (tertiary/aromatic N) is 2. The van der Waals surface area contributed by atoms with Gasteiger partial charge in [-0.2, -0.15) is 5.10 Å². The van der Waals surface area contributed by atoms with Gasteiger partial charge in [0.15, 0.2) is 5.69 Å². The van der Waals surface area contributed by atoms with Crippen molar-refractivity contribution in [3.63, 3.8) is 0 Å². The van der Waals surface area contributed by atoms with E-state index in [0.717, 1.165) is 0 Å². The third-order valence-corrected chi connectivity index (χ3v) is 1.67.